The Labute approximate surface area is 147 Å². The molecule has 3 aromatic rings. The van der Waals surface area contributed by atoms with Crippen LogP contribution in [0.4, 0.5) is 17.1 Å². The Morgan fingerprint density at radius 2 is 1.48 bits per heavy atom. The lowest BCUT2D eigenvalue weighted by molar-refractivity contribution is 0.102. The van der Waals surface area contributed by atoms with Crippen molar-refractivity contribution in [2.24, 2.45) is 0 Å². The van der Waals surface area contributed by atoms with E-state index in [-0.39, 0.29) is 5.91 Å². The maximum Gasteiger partial charge on any atom is 0.255 e. The molecule has 4 nitrogen and oxygen atoms in total. The molecule has 3 aromatic carbocycles. The molecule has 0 atom stereocenters. The van der Waals surface area contributed by atoms with E-state index in [9.17, 15) is 4.79 Å². The number of amides is 1. The van der Waals surface area contributed by atoms with Gasteiger partial charge in [0.15, 0.2) is 0 Å². The molecule has 0 aliphatic rings. The molecule has 25 heavy (non-hydrogen) atoms. The first kappa shape index (κ1) is 16.6. The Kier molecular flexibility index (Phi) is 5.00. The normalized spacial score (nSPS) is 10.2. The lowest BCUT2D eigenvalue weighted by Gasteiger charge is -2.10. The molecule has 126 valence electrons. The highest BCUT2D eigenvalue weighted by Crippen LogP contribution is 2.21. The van der Waals surface area contributed by atoms with E-state index >= 15 is 0 Å². The van der Waals surface area contributed by atoms with E-state index in [0.29, 0.717) is 11.3 Å². The van der Waals surface area contributed by atoms with Crippen LogP contribution >= 0.6 is 0 Å². The molecule has 0 spiro atoms. The van der Waals surface area contributed by atoms with Gasteiger partial charge in [-0.3, -0.25) is 4.79 Å². The summed E-state index contributed by atoms with van der Waals surface area (Å²) in [6, 6.07) is 22.9. The first-order valence-corrected chi connectivity index (χ1v) is 8.04. The smallest absolute Gasteiger partial charge is 0.255 e. The standard InChI is InChI=1S/C21H20N2O2/c1-15-8-9-16(14-20(15)25-2)21(24)23-19-12-10-18(11-13-19)22-17-6-4-3-5-7-17/h3-14,22H,1-2H3,(H,23,24). The molecule has 3 rings (SSSR count). The number of nitrogens with one attached hydrogen (secondary N) is 2. The van der Waals surface area contributed by atoms with Crippen LogP contribution in [0.25, 0.3) is 0 Å². The van der Waals surface area contributed by atoms with Crippen molar-refractivity contribution in [3.8, 4) is 5.75 Å². The zero-order valence-electron chi connectivity index (χ0n) is 14.2. The molecule has 0 saturated heterocycles. The van der Waals surface area contributed by atoms with Gasteiger partial charge in [-0.2, -0.15) is 0 Å². The summed E-state index contributed by atoms with van der Waals surface area (Å²) >= 11 is 0. The van der Waals surface area contributed by atoms with Crippen LogP contribution in [0, 0.1) is 6.92 Å². The van der Waals surface area contributed by atoms with Crippen LogP contribution in [0.2, 0.25) is 0 Å². The van der Waals surface area contributed by atoms with Crippen LogP contribution in [0.15, 0.2) is 72.8 Å². The number of para-hydroxylation sites is 1. The van der Waals surface area contributed by atoms with E-state index in [0.717, 1.165) is 22.6 Å². The molecular formula is C21H20N2O2. The molecule has 0 aliphatic heterocycles. The minimum Gasteiger partial charge on any atom is -0.496 e. The van der Waals surface area contributed by atoms with Crippen molar-refractivity contribution in [2.75, 3.05) is 17.7 Å². The fraction of sp³-hybridized carbons (Fsp3) is 0.0952. The molecule has 0 heterocycles. The molecule has 0 fully saturated rings. The van der Waals surface area contributed by atoms with Crippen molar-refractivity contribution < 1.29 is 9.53 Å². The van der Waals surface area contributed by atoms with Gasteiger partial charge >= 0.3 is 0 Å². The van der Waals surface area contributed by atoms with E-state index in [4.69, 9.17) is 4.74 Å². The summed E-state index contributed by atoms with van der Waals surface area (Å²) in [5.41, 5.74) is 4.28. The van der Waals surface area contributed by atoms with Crippen LogP contribution in [-0.2, 0) is 0 Å². The third-order valence-corrected chi connectivity index (χ3v) is 3.88. The quantitative estimate of drug-likeness (QED) is 0.691. The Morgan fingerprint density at radius 3 is 2.16 bits per heavy atom. The number of hydrogen-bond donors (Lipinski definition) is 2. The Balaban J connectivity index is 1.68. The van der Waals surface area contributed by atoms with Gasteiger partial charge in [-0.25, -0.2) is 0 Å². The molecule has 0 radical (unpaired) electrons. The van der Waals surface area contributed by atoms with Crippen molar-refractivity contribution in [1.29, 1.82) is 0 Å². The zero-order chi connectivity index (χ0) is 17.6. The third-order valence-electron chi connectivity index (χ3n) is 3.88. The van der Waals surface area contributed by atoms with Crippen LogP contribution in [0.5, 0.6) is 5.75 Å². The van der Waals surface area contributed by atoms with Crippen LogP contribution in [-0.4, -0.2) is 13.0 Å². The topological polar surface area (TPSA) is 50.4 Å². The first-order chi connectivity index (χ1) is 12.2. The Morgan fingerprint density at radius 1 is 0.840 bits per heavy atom. The van der Waals surface area contributed by atoms with Crippen LogP contribution in [0.1, 0.15) is 15.9 Å². The lowest BCUT2D eigenvalue weighted by Crippen LogP contribution is -2.12. The number of rotatable bonds is 5. The highest BCUT2D eigenvalue weighted by molar-refractivity contribution is 6.04. The number of benzene rings is 3. The van der Waals surface area contributed by atoms with Gasteiger partial charge in [-0.15, -0.1) is 0 Å². The van der Waals surface area contributed by atoms with Crippen molar-refractivity contribution in [3.63, 3.8) is 0 Å². The van der Waals surface area contributed by atoms with E-state index in [1.807, 2.05) is 67.6 Å². The molecule has 0 aliphatic carbocycles. The van der Waals surface area contributed by atoms with E-state index in [2.05, 4.69) is 10.6 Å². The van der Waals surface area contributed by atoms with Crippen LogP contribution in [0.3, 0.4) is 0 Å². The van der Waals surface area contributed by atoms with E-state index in [1.165, 1.54) is 0 Å². The molecular weight excluding hydrogens is 312 g/mol. The third kappa shape index (κ3) is 4.18. The van der Waals surface area contributed by atoms with Crippen molar-refractivity contribution >= 4 is 23.0 Å². The largest absolute Gasteiger partial charge is 0.496 e. The second-order valence-electron chi connectivity index (χ2n) is 5.71. The fourth-order valence-corrected chi connectivity index (χ4v) is 2.49. The Hall–Kier alpha value is -3.27. The van der Waals surface area contributed by atoms with Gasteiger partial charge in [0.2, 0.25) is 0 Å². The predicted octanol–water partition coefficient (Wildman–Crippen LogP) is 5.00. The first-order valence-electron chi connectivity index (χ1n) is 8.04. The maximum absolute atomic E-state index is 12.4. The van der Waals surface area contributed by atoms with Crippen molar-refractivity contribution in [2.45, 2.75) is 6.92 Å². The second-order valence-corrected chi connectivity index (χ2v) is 5.71. The second kappa shape index (κ2) is 7.53. The predicted molar refractivity (Wildman–Crippen MR) is 102 cm³/mol. The summed E-state index contributed by atoms with van der Waals surface area (Å²) in [5, 5.41) is 6.21. The number of carbonyl (C=O) groups excluding carboxylic acids is 1. The van der Waals surface area contributed by atoms with Gasteiger partial charge in [0.1, 0.15) is 5.75 Å². The summed E-state index contributed by atoms with van der Waals surface area (Å²) < 4.78 is 5.27. The number of hydrogen-bond acceptors (Lipinski definition) is 3. The number of ether oxygens (including phenoxy) is 1. The number of aryl methyl sites for hydroxylation is 1. The number of carbonyl (C=O) groups is 1. The minimum absolute atomic E-state index is 0.165. The molecule has 0 bridgehead atoms. The number of methoxy groups -OCH3 is 1. The SMILES string of the molecule is COc1cc(C(=O)Nc2ccc(Nc3ccccc3)cc2)ccc1C. The molecule has 1 amide bonds. The molecule has 2 N–H and O–H groups in total. The van der Waals surface area contributed by atoms with Crippen molar-refractivity contribution in [1.82, 2.24) is 0 Å². The van der Waals surface area contributed by atoms with E-state index in [1.54, 1.807) is 19.2 Å². The van der Waals surface area contributed by atoms with Gasteiger partial charge in [-0.05, 0) is 61.0 Å². The van der Waals surface area contributed by atoms with Gasteiger partial charge in [0, 0.05) is 22.6 Å². The van der Waals surface area contributed by atoms with E-state index < -0.39 is 0 Å². The highest BCUT2D eigenvalue weighted by Gasteiger charge is 2.09. The summed E-state index contributed by atoms with van der Waals surface area (Å²) in [4.78, 5) is 12.4. The van der Waals surface area contributed by atoms with Gasteiger partial charge in [-0.1, -0.05) is 24.3 Å². The zero-order valence-corrected chi connectivity index (χ0v) is 14.2. The average Bonchev–Trinajstić information content (AvgIpc) is 2.64. The van der Waals surface area contributed by atoms with Crippen molar-refractivity contribution in [3.05, 3.63) is 83.9 Å². The summed E-state index contributed by atoms with van der Waals surface area (Å²) in [7, 11) is 1.60. The maximum atomic E-state index is 12.4. The fourth-order valence-electron chi connectivity index (χ4n) is 2.49. The molecule has 4 heteroatoms. The van der Waals surface area contributed by atoms with Gasteiger partial charge in [0.25, 0.3) is 5.91 Å². The summed E-state index contributed by atoms with van der Waals surface area (Å²) in [5.74, 6) is 0.539. The average molecular weight is 332 g/mol. The summed E-state index contributed by atoms with van der Waals surface area (Å²) in [6.07, 6.45) is 0. The summed E-state index contributed by atoms with van der Waals surface area (Å²) in [6.45, 7) is 1.94. The number of anilines is 3. The molecule has 0 unspecified atom stereocenters. The monoisotopic (exact) mass is 332 g/mol. The molecule has 0 aromatic heterocycles. The Bertz CT molecular complexity index is 859. The molecule has 0 saturated carbocycles. The van der Waals surface area contributed by atoms with Gasteiger partial charge < -0.3 is 15.4 Å². The minimum atomic E-state index is -0.165. The highest BCUT2D eigenvalue weighted by atomic mass is 16.5. The van der Waals surface area contributed by atoms with Gasteiger partial charge in [0.05, 0.1) is 7.11 Å². The van der Waals surface area contributed by atoms with Crippen LogP contribution < -0.4 is 15.4 Å². The lowest BCUT2D eigenvalue weighted by atomic mass is 10.1.